The zero-order valence-corrected chi connectivity index (χ0v) is 9.37. The SMILES string of the molecule is CN1CC(COC2(C)C=CC(F)=CC2)C1. The fourth-order valence-electron chi connectivity index (χ4n) is 2.04. The molecule has 1 atom stereocenters. The minimum atomic E-state index is -0.302. The second-order valence-corrected chi connectivity index (χ2v) is 4.84. The van der Waals surface area contributed by atoms with E-state index in [1.807, 2.05) is 13.0 Å². The highest BCUT2D eigenvalue weighted by Crippen LogP contribution is 2.26. The first-order valence-corrected chi connectivity index (χ1v) is 5.45. The number of hydrogen-bond donors (Lipinski definition) is 0. The highest BCUT2D eigenvalue weighted by molar-refractivity contribution is 5.22. The number of ether oxygens (including phenoxy) is 1. The van der Waals surface area contributed by atoms with Crippen LogP contribution in [0.4, 0.5) is 4.39 Å². The fourth-order valence-corrected chi connectivity index (χ4v) is 2.04. The summed E-state index contributed by atoms with van der Waals surface area (Å²) in [5.41, 5.74) is -0.302. The summed E-state index contributed by atoms with van der Waals surface area (Å²) in [4.78, 5) is 2.27. The smallest absolute Gasteiger partial charge is 0.119 e. The third-order valence-electron chi connectivity index (χ3n) is 3.09. The van der Waals surface area contributed by atoms with Crippen LogP contribution in [-0.4, -0.2) is 37.2 Å². The van der Waals surface area contributed by atoms with Gasteiger partial charge in [0.25, 0.3) is 0 Å². The average molecular weight is 211 g/mol. The first-order chi connectivity index (χ1) is 7.07. The maximum atomic E-state index is 12.8. The van der Waals surface area contributed by atoms with Gasteiger partial charge in [-0.25, -0.2) is 4.39 Å². The zero-order valence-electron chi connectivity index (χ0n) is 9.37. The number of rotatable bonds is 3. The second kappa shape index (κ2) is 4.06. The van der Waals surface area contributed by atoms with Gasteiger partial charge in [0.2, 0.25) is 0 Å². The lowest BCUT2D eigenvalue weighted by Crippen LogP contribution is -2.47. The Kier molecular flexibility index (Phi) is 2.94. The van der Waals surface area contributed by atoms with Crippen LogP contribution in [-0.2, 0) is 4.74 Å². The summed E-state index contributed by atoms with van der Waals surface area (Å²) in [6, 6.07) is 0. The Morgan fingerprint density at radius 1 is 1.60 bits per heavy atom. The van der Waals surface area contributed by atoms with Crippen LogP contribution in [0.2, 0.25) is 0 Å². The molecule has 0 radical (unpaired) electrons. The molecule has 1 fully saturated rings. The lowest BCUT2D eigenvalue weighted by molar-refractivity contribution is -0.0445. The van der Waals surface area contributed by atoms with Crippen molar-refractivity contribution in [2.24, 2.45) is 5.92 Å². The molecule has 0 aromatic rings. The zero-order chi connectivity index (χ0) is 10.9. The molecule has 15 heavy (non-hydrogen) atoms. The topological polar surface area (TPSA) is 12.5 Å². The van der Waals surface area contributed by atoms with E-state index in [1.54, 1.807) is 6.08 Å². The average Bonchev–Trinajstić information content (AvgIpc) is 2.16. The van der Waals surface area contributed by atoms with Gasteiger partial charge in [0.15, 0.2) is 0 Å². The molecule has 3 heteroatoms. The molecule has 0 saturated carbocycles. The molecule has 1 saturated heterocycles. The summed E-state index contributed by atoms with van der Waals surface area (Å²) in [7, 11) is 2.11. The van der Waals surface area contributed by atoms with Crippen molar-refractivity contribution in [2.45, 2.75) is 18.9 Å². The fraction of sp³-hybridized carbons (Fsp3) is 0.667. The van der Waals surface area contributed by atoms with Gasteiger partial charge in [0.1, 0.15) is 5.83 Å². The van der Waals surface area contributed by atoms with Gasteiger partial charge in [-0.2, -0.15) is 0 Å². The van der Waals surface area contributed by atoms with Crippen molar-refractivity contribution in [3.8, 4) is 0 Å². The summed E-state index contributed by atoms with van der Waals surface area (Å²) >= 11 is 0. The molecule has 2 aliphatic rings. The summed E-state index contributed by atoms with van der Waals surface area (Å²) in [5.74, 6) is 0.496. The van der Waals surface area contributed by atoms with Crippen LogP contribution in [0.1, 0.15) is 13.3 Å². The summed E-state index contributed by atoms with van der Waals surface area (Å²) in [6.45, 7) is 5.02. The van der Waals surface area contributed by atoms with Crippen LogP contribution >= 0.6 is 0 Å². The first kappa shape index (κ1) is 10.8. The van der Waals surface area contributed by atoms with Gasteiger partial charge in [-0.1, -0.05) is 0 Å². The molecule has 0 aromatic carbocycles. The Labute approximate surface area is 90.4 Å². The van der Waals surface area contributed by atoms with Crippen molar-refractivity contribution < 1.29 is 9.13 Å². The van der Waals surface area contributed by atoms with Crippen LogP contribution in [0.3, 0.4) is 0 Å². The van der Waals surface area contributed by atoms with Crippen LogP contribution in [0.5, 0.6) is 0 Å². The molecule has 1 aliphatic heterocycles. The molecule has 0 amide bonds. The van der Waals surface area contributed by atoms with E-state index in [0.717, 1.165) is 19.7 Å². The van der Waals surface area contributed by atoms with Crippen molar-refractivity contribution in [1.29, 1.82) is 0 Å². The molecule has 0 spiro atoms. The lowest BCUT2D eigenvalue weighted by atomic mass is 9.96. The van der Waals surface area contributed by atoms with E-state index < -0.39 is 0 Å². The molecular weight excluding hydrogens is 193 g/mol. The Bertz CT molecular complexity index is 294. The first-order valence-electron chi connectivity index (χ1n) is 5.45. The van der Waals surface area contributed by atoms with Gasteiger partial charge in [-0.15, -0.1) is 0 Å². The molecule has 0 aromatic heterocycles. The molecule has 1 unspecified atom stereocenters. The van der Waals surface area contributed by atoms with Gasteiger partial charge in [-0.05, 0) is 32.2 Å². The van der Waals surface area contributed by atoms with Crippen molar-refractivity contribution in [2.75, 3.05) is 26.7 Å². The van der Waals surface area contributed by atoms with Gasteiger partial charge in [0, 0.05) is 25.4 Å². The normalized spacial score (nSPS) is 32.6. The van der Waals surface area contributed by atoms with E-state index in [9.17, 15) is 4.39 Å². The number of likely N-dealkylation sites (tertiary alicyclic amines) is 1. The van der Waals surface area contributed by atoms with Crippen molar-refractivity contribution in [3.05, 3.63) is 24.1 Å². The minimum absolute atomic E-state index is 0.153. The van der Waals surface area contributed by atoms with E-state index in [4.69, 9.17) is 4.74 Å². The van der Waals surface area contributed by atoms with Crippen LogP contribution in [0.15, 0.2) is 24.1 Å². The Morgan fingerprint density at radius 2 is 2.33 bits per heavy atom. The van der Waals surface area contributed by atoms with E-state index >= 15 is 0 Å². The second-order valence-electron chi connectivity index (χ2n) is 4.84. The van der Waals surface area contributed by atoms with Gasteiger partial charge in [-0.3, -0.25) is 0 Å². The van der Waals surface area contributed by atoms with Crippen LogP contribution < -0.4 is 0 Å². The highest BCUT2D eigenvalue weighted by atomic mass is 19.1. The Balaban J connectivity index is 1.77. The number of allylic oxidation sites excluding steroid dienone is 2. The molecular formula is C12H18FNO. The van der Waals surface area contributed by atoms with E-state index in [-0.39, 0.29) is 11.4 Å². The quantitative estimate of drug-likeness (QED) is 0.709. The molecule has 84 valence electrons. The van der Waals surface area contributed by atoms with Gasteiger partial charge in [0.05, 0.1) is 12.2 Å². The lowest BCUT2D eigenvalue weighted by Gasteiger charge is -2.38. The van der Waals surface area contributed by atoms with Crippen molar-refractivity contribution >= 4 is 0 Å². The van der Waals surface area contributed by atoms with E-state index in [0.29, 0.717) is 12.3 Å². The Hall–Kier alpha value is -0.670. The molecule has 2 nitrogen and oxygen atoms in total. The largest absolute Gasteiger partial charge is 0.370 e. The molecule has 1 heterocycles. The summed E-state index contributed by atoms with van der Waals surface area (Å²) in [6.07, 6.45) is 5.55. The van der Waals surface area contributed by atoms with E-state index in [2.05, 4.69) is 11.9 Å². The summed E-state index contributed by atoms with van der Waals surface area (Å²) in [5, 5.41) is 0. The number of nitrogens with zero attached hydrogens (tertiary/aromatic N) is 1. The molecule has 0 bridgehead atoms. The predicted octanol–water partition coefficient (Wildman–Crippen LogP) is 2.14. The third kappa shape index (κ3) is 2.67. The standard InChI is InChI=1S/C12H18FNO/c1-12(5-3-11(13)4-6-12)15-9-10-7-14(2)8-10/h3-5,10H,6-9H2,1-2H3. The van der Waals surface area contributed by atoms with Gasteiger partial charge >= 0.3 is 0 Å². The molecule has 2 rings (SSSR count). The maximum absolute atomic E-state index is 12.8. The Morgan fingerprint density at radius 3 is 2.87 bits per heavy atom. The number of hydrogen-bond acceptors (Lipinski definition) is 2. The number of halogens is 1. The van der Waals surface area contributed by atoms with Gasteiger partial charge < -0.3 is 9.64 Å². The third-order valence-corrected chi connectivity index (χ3v) is 3.09. The van der Waals surface area contributed by atoms with Crippen molar-refractivity contribution in [1.82, 2.24) is 4.90 Å². The van der Waals surface area contributed by atoms with Crippen LogP contribution in [0.25, 0.3) is 0 Å². The monoisotopic (exact) mass is 211 g/mol. The van der Waals surface area contributed by atoms with Crippen molar-refractivity contribution in [3.63, 3.8) is 0 Å². The molecule has 1 aliphatic carbocycles. The van der Waals surface area contributed by atoms with Crippen LogP contribution in [0, 0.1) is 5.92 Å². The molecule has 0 N–H and O–H groups in total. The predicted molar refractivity (Wildman–Crippen MR) is 58.3 cm³/mol. The maximum Gasteiger partial charge on any atom is 0.119 e. The highest BCUT2D eigenvalue weighted by Gasteiger charge is 2.28. The summed E-state index contributed by atoms with van der Waals surface area (Å²) < 4.78 is 18.6. The van der Waals surface area contributed by atoms with E-state index in [1.165, 1.54) is 6.08 Å². The minimum Gasteiger partial charge on any atom is -0.370 e.